The van der Waals surface area contributed by atoms with Gasteiger partial charge >= 0.3 is 0 Å². The molecule has 0 aliphatic heterocycles. The van der Waals surface area contributed by atoms with Crippen LogP contribution in [0.25, 0.3) is 0 Å². The molecule has 0 aliphatic rings. The highest BCUT2D eigenvalue weighted by Gasteiger charge is 2.07. The Kier molecular flexibility index (Phi) is 5.66. The van der Waals surface area contributed by atoms with Crippen molar-refractivity contribution >= 4 is 23.2 Å². The van der Waals surface area contributed by atoms with E-state index < -0.39 is 0 Å². The summed E-state index contributed by atoms with van der Waals surface area (Å²) >= 11 is 0. The third kappa shape index (κ3) is 5.04. The van der Waals surface area contributed by atoms with Gasteiger partial charge in [0.15, 0.2) is 0 Å². The minimum atomic E-state index is -0.170. The Labute approximate surface area is 158 Å². The Morgan fingerprint density at radius 1 is 0.926 bits per heavy atom. The normalized spacial score (nSPS) is 10.3. The van der Waals surface area contributed by atoms with E-state index in [1.54, 1.807) is 24.3 Å². The Hall–Kier alpha value is -3.41. The van der Waals surface area contributed by atoms with Gasteiger partial charge in [-0.25, -0.2) is 9.97 Å². The Balaban J connectivity index is 1.63. The molecule has 0 spiro atoms. The summed E-state index contributed by atoms with van der Waals surface area (Å²) in [7, 11) is 0. The van der Waals surface area contributed by atoms with E-state index in [0.29, 0.717) is 23.8 Å². The topological polar surface area (TPSA) is 76.1 Å². The lowest BCUT2D eigenvalue weighted by Gasteiger charge is -2.09. The molecule has 0 unspecified atom stereocenters. The first-order chi connectivity index (χ1) is 13.0. The van der Waals surface area contributed by atoms with Gasteiger partial charge in [0.05, 0.1) is 6.61 Å². The molecule has 3 aromatic rings. The van der Waals surface area contributed by atoms with E-state index >= 15 is 0 Å². The summed E-state index contributed by atoms with van der Waals surface area (Å²) in [4.78, 5) is 21.1. The van der Waals surface area contributed by atoms with Crippen molar-refractivity contribution < 1.29 is 9.53 Å². The lowest BCUT2D eigenvalue weighted by atomic mass is 10.2. The predicted octanol–water partition coefficient (Wildman–Crippen LogP) is 4.49. The number of nitrogens with one attached hydrogen (secondary N) is 2. The minimum Gasteiger partial charge on any atom is -0.494 e. The van der Waals surface area contributed by atoms with Crippen LogP contribution in [0.2, 0.25) is 0 Å². The van der Waals surface area contributed by atoms with Crippen LogP contribution >= 0.6 is 0 Å². The van der Waals surface area contributed by atoms with Crippen LogP contribution in [0.1, 0.15) is 28.7 Å². The summed E-state index contributed by atoms with van der Waals surface area (Å²) in [5, 5.41) is 6.05. The molecule has 0 saturated heterocycles. The maximum atomic E-state index is 12.3. The van der Waals surface area contributed by atoms with Crippen molar-refractivity contribution in [1.82, 2.24) is 9.97 Å². The Bertz CT molecular complexity index is 902. The summed E-state index contributed by atoms with van der Waals surface area (Å²) in [6.45, 7) is 6.38. The lowest BCUT2D eigenvalue weighted by Crippen LogP contribution is -2.11. The number of carbonyl (C=O) groups excluding carboxylic acids is 1. The minimum absolute atomic E-state index is 0.170. The van der Waals surface area contributed by atoms with Gasteiger partial charge in [-0.3, -0.25) is 4.79 Å². The van der Waals surface area contributed by atoms with E-state index in [1.165, 1.54) is 0 Å². The molecular formula is C21H22N4O2. The molecule has 1 heterocycles. The van der Waals surface area contributed by atoms with Crippen molar-refractivity contribution in [2.75, 3.05) is 17.2 Å². The Morgan fingerprint density at radius 2 is 1.52 bits per heavy atom. The maximum absolute atomic E-state index is 12.3. The third-order valence-corrected chi connectivity index (χ3v) is 3.81. The van der Waals surface area contributed by atoms with Crippen LogP contribution in [0.3, 0.4) is 0 Å². The second-order valence-corrected chi connectivity index (χ2v) is 6.09. The van der Waals surface area contributed by atoms with Crippen LogP contribution in [0, 0.1) is 13.8 Å². The van der Waals surface area contributed by atoms with Crippen molar-refractivity contribution in [2.24, 2.45) is 0 Å². The molecule has 2 N–H and O–H groups in total. The highest BCUT2D eigenvalue weighted by molar-refractivity contribution is 6.04. The van der Waals surface area contributed by atoms with Gasteiger partial charge in [0.25, 0.3) is 5.91 Å². The summed E-state index contributed by atoms with van der Waals surface area (Å²) in [5.74, 6) is 1.13. The largest absolute Gasteiger partial charge is 0.494 e. The van der Waals surface area contributed by atoms with Gasteiger partial charge in [0.1, 0.15) is 5.75 Å². The summed E-state index contributed by atoms with van der Waals surface area (Å²) in [6, 6.07) is 16.4. The number of hydrogen-bond donors (Lipinski definition) is 2. The number of hydrogen-bond acceptors (Lipinski definition) is 5. The number of aryl methyl sites for hydroxylation is 2. The van der Waals surface area contributed by atoms with Gasteiger partial charge in [-0.1, -0.05) is 0 Å². The van der Waals surface area contributed by atoms with Crippen molar-refractivity contribution in [3.63, 3.8) is 0 Å². The molecule has 138 valence electrons. The monoisotopic (exact) mass is 362 g/mol. The van der Waals surface area contributed by atoms with E-state index in [9.17, 15) is 4.79 Å². The van der Waals surface area contributed by atoms with Crippen LogP contribution in [-0.2, 0) is 0 Å². The fourth-order valence-electron chi connectivity index (χ4n) is 2.62. The van der Waals surface area contributed by atoms with Gasteiger partial charge in [-0.05, 0) is 75.4 Å². The fraction of sp³-hybridized carbons (Fsp3) is 0.190. The van der Waals surface area contributed by atoms with Gasteiger partial charge in [0.2, 0.25) is 5.95 Å². The molecule has 6 heteroatoms. The number of anilines is 3. The second-order valence-electron chi connectivity index (χ2n) is 6.09. The average Bonchev–Trinajstić information content (AvgIpc) is 2.63. The zero-order valence-electron chi connectivity index (χ0n) is 15.6. The van der Waals surface area contributed by atoms with Crippen molar-refractivity contribution in [3.05, 3.63) is 71.5 Å². The fourth-order valence-corrected chi connectivity index (χ4v) is 2.62. The molecular weight excluding hydrogens is 340 g/mol. The molecule has 0 atom stereocenters. The van der Waals surface area contributed by atoms with E-state index in [0.717, 1.165) is 22.8 Å². The summed E-state index contributed by atoms with van der Waals surface area (Å²) in [5.41, 5.74) is 3.94. The first-order valence-corrected chi connectivity index (χ1v) is 8.77. The van der Waals surface area contributed by atoms with E-state index in [2.05, 4.69) is 20.6 Å². The molecule has 6 nitrogen and oxygen atoms in total. The number of rotatable bonds is 6. The van der Waals surface area contributed by atoms with Crippen LogP contribution in [0.5, 0.6) is 5.75 Å². The first kappa shape index (κ1) is 18.4. The number of ether oxygens (including phenoxy) is 1. The molecule has 0 fully saturated rings. The van der Waals surface area contributed by atoms with Crippen LogP contribution < -0.4 is 15.4 Å². The molecule has 0 bridgehead atoms. The SMILES string of the molecule is CCOc1ccc(C(=O)Nc2ccc(Nc3nc(C)cc(C)n3)cc2)cc1. The molecule has 3 rings (SSSR count). The lowest BCUT2D eigenvalue weighted by molar-refractivity contribution is 0.102. The van der Waals surface area contributed by atoms with E-state index in [-0.39, 0.29) is 5.91 Å². The highest BCUT2D eigenvalue weighted by Crippen LogP contribution is 2.18. The van der Waals surface area contributed by atoms with Gasteiger partial charge < -0.3 is 15.4 Å². The summed E-state index contributed by atoms with van der Waals surface area (Å²) < 4.78 is 5.39. The number of amides is 1. The summed E-state index contributed by atoms with van der Waals surface area (Å²) in [6.07, 6.45) is 0. The van der Waals surface area contributed by atoms with Gasteiger partial charge in [-0.15, -0.1) is 0 Å². The highest BCUT2D eigenvalue weighted by atomic mass is 16.5. The number of nitrogens with zero attached hydrogens (tertiary/aromatic N) is 2. The smallest absolute Gasteiger partial charge is 0.255 e. The van der Waals surface area contributed by atoms with E-state index in [1.807, 2.05) is 51.1 Å². The van der Waals surface area contributed by atoms with Crippen LogP contribution in [0.15, 0.2) is 54.6 Å². The standard InChI is InChI=1S/C21H22N4O2/c1-4-27-19-11-5-16(6-12-19)20(26)24-17-7-9-18(10-8-17)25-21-22-14(2)13-15(3)23-21/h5-13H,4H2,1-3H3,(H,24,26)(H,22,23,25). The van der Waals surface area contributed by atoms with E-state index in [4.69, 9.17) is 4.74 Å². The molecule has 0 radical (unpaired) electrons. The van der Waals surface area contributed by atoms with Crippen molar-refractivity contribution in [1.29, 1.82) is 0 Å². The molecule has 0 aliphatic carbocycles. The number of carbonyl (C=O) groups is 1. The average molecular weight is 362 g/mol. The van der Waals surface area contributed by atoms with Gasteiger partial charge in [-0.2, -0.15) is 0 Å². The molecule has 27 heavy (non-hydrogen) atoms. The van der Waals surface area contributed by atoms with Crippen LogP contribution in [0.4, 0.5) is 17.3 Å². The Morgan fingerprint density at radius 3 is 2.11 bits per heavy atom. The van der Waals surface area contributed by atoms with Gasteiger partial charge in [0, 0.05) is 28.3 Å². The first-order valence-electron chi connectivity index (χ1n) is 8.77. The third-order valence-electron chi connectivity index (χ3n) is 3.81. The quantitative estimate of drug-likeness (QED) is 0.676. The number of aromatic nitrogens is 2. The molecule has 1 amide bonds. The van der Waals surface area contributed by atoms with Crippen molar-refractivity contribution in [3.8, 4) is 5.75 Å². The predicted molar refractivity (Wildman–Crippen MR) is 107 cm³/mol. The van der Waals surface area contributed by atoms with Crippen LogP contribution in [-0.4, -0.2) is 22.5 Å². The number of benzene rings is 2. The maximum Gasteiger partial charge on any atom is 0.255 e. The zero-order valence-corrected chi connectivity index (χ0v) is 15.6. The zero-order chi connectivity index (χ0) is 19.2. The molecule has 2 aromatic carbocycles. The second kappa shape index (κ2) is 8.31. The molecule has 0 saturated carbocycles. The van der Waals surface area contributed by atoms with Crippen molar-refractivity contribution in [2.45, 2.75) is 20.8 Å². The molecule has 1 aromatic heterocycles.